The average molecular weight is 263 g/mol. The van der Waals surface area contributed by atoms with E-state index in [2.05, 4.69) is 15.0 Å². The molecule has 0 bridgehead atoms. The maximum Gasteiger partial charge on any atom is 0.223 e. The van der Waals surface area contributed by atoms with Crippen LogP contribution in [0.5, 0.6) is 0 Å². The summed E-state index contributed by atoms with van der Waals surface area (Å²) in [5.74, 6) is -0.174. The zero-order chi connectivity index (χ0) is 13.1. The Labute approximate surface area is 108 Å². The number of para-hydroxylation sites is 1. The van der Waals surface area contributed by atoms with Crippen LogP contribution in [-0.4, -0.2) is 16.9 Å². The lowest BCUT2D eigenvalue weighted by Crippen LogP contribution is -2.26. The number of aromatic nitrogens is 1. The molecular weight excluding hydrogens is 252 g/mol. The summed E-state index contributed by atoms with van der Waals surface area (Å²) in [7, 11) is 0. The van der Waals surface area contributed by atoms with Gasteiger partial charge in [-0.25, -0.2) is 4.99 Å². The van der Waals surface area contributed by atoms with E-state index in [1.165, 1.54) is 0 Å². The van der Waals surface area contributed by atoms with Crippen molar-refractivity contribution in [3.8, 4) is 0 Å². The highest BCUT2D eigenvalue weighted by atomic mass is 35.5. The van der Waals surface area contributed by atoms with E-state index in [-0.39, 0.29) is 11.9 Å². The summed E-state index contributed by atoms with van der Waals surface area (Å²) < 4.78 is 0. The van der Waals surface area contributed by atoms with Gasteiger partial charge in [-0.15, -0.1) is 0 Å². The largest absolute Gasteiger partial charge is 0.370 e. The van der Waals surface area contributed by atoms with Gasteiger partial charge in [0.1, 0.15) is 0 Å². The van der Waals surface area contributed by atoms with Crippen molar-refractivity contribution in [2.75, 3.05) is 0 Å². The number of rotatable bonds is 1. The van der Waals surface area contributed by atoms with Crippen molar-refractivity contribution in [1.29, 1.82) is 0 Å². The molecule has 0 unspecified atom stereocenters. The Hall–Kier alpha value is -2.34. The Balaban J connectivity index is 2.55. The Bertz CT molecular complexity index is 645. The van der Waals surface area contributed by atoms with E-state index in [1.54, 1.807) is 18.3 Å². The number of nitrogens with zero attached hydrogens (tertiary/aromatic N) is 3. The number of hydrogen-bond acceptors (Lipinski definition) is 2. The molecular formula is C11H11ClN6. The first-order valence-corrected chi connectivity index (χ1v) is 5.42. The number of aliphatic imine (C=N–C) groups is 2. The fourth-order valence-electron chi connectivity index (χ4n) is 1.49. The quantitative estimate of drug-likeness (QED) is 0.527. The zero-order valence-corrected chi connectivity index (χ0v) is 10.1. The molecule has 1 heterocycles. The lowest BCUT2D eigenvalue weighted by atomic mass is 10.2. The lowest BCUT2D eigenvalue weighted by Gasteiger charge is -2.02. The van der Waals surface area contributed by atoms with E-state index in [0.29, 0.717) is 16.2 Å². The third-order valence-electron chi connectivity index (χ3n) is 2.13. The van der Waals surface area contributed by atoms with Gasteiger partial charge in [0.05, 0.1) is 16.2 Å². The van der Waals surface area contributed by atoms with Gasteiger partial charge in [0.2, 0.25) is 5.96 Å². The van der Waals surface area contributed by atoms with Gasteiger partial charge in [-0.1, -0.05) is 23.7 Å². The second-order valence-electron chi connectivity index (χ2n) is 3.51. The fraction of sp³-hybridized carbons (Fsp3) is 0. The second kappa shape index (κ2) is 4.89. The predicted molar refractivity (Wildman–Crippen MR) is 73.8 cm³/mol. The SMILES string of the molecule is NC(N)=NC(N)=Nc1cccc2cc(Cl)cnc12. The maximum atomic E-state index is 5.87. The summed E-state index contributed by atoms with van der Waals surface area (Å²) >= 11 is 5.87. The van der Waals surface area contributed by atoms with Crippen LogP contribution < -0.4 is 17.2 Å². The van der Waals surface area contributed by atoms with Gasteiger partial charge in [-0.05, 0) is 12.1 Å². The summed E-state index contributed by atoms with van der Waals surface area (Å²) in [6, 6.07) is 7.25. The minimum absolute atomic E-state index is 0.0285. The molecule has 7 heteroatoms. The van der Waals surface area contributed by atoms with Crippen LogP contribution in [0.25, 0.3) is 10.9 Å². The molecule has 0 aliphatic carbocycles. The number of hydrogen-bond donors (Lipinski definition) is 3. The molecule has 1 aromatic carbocycles. The van der Waals surface area contributed by atoms with Gasteiger partial charge in [-0.3, -0.25) is 4.98 Å². The van der Waals surface area contributed by atoms with Gasteiger partial charge in [0.25, 0.3) is 0 Å². The van der Waals surface area contributed by atoms with E-state index in [9.17, 15) is 0 Å². The highest BCUT2D eigenvalue weighted by molar-refractivity contribution is 6.31. The van der Waals surface area contributed by atoms with Crippen LogP contribution in [0.2, 0.25) is 5.02 Å². The molecule has 0 aliphatic rings. The molecule has 2 rings (SSSR count). The van der Waals surface area contributed by atoms with E-state index < -0.39 is 0 Å². The Morgan fingerprint density at radius 1 is 1.22 bits per heavy atom. The van der Waals surface area contributed by atoms with Crippen molar-refractivity contribution < 1.29 is 0 Å². The van der Waals surface area contributed by atoms with Crippen molar-refractivity contribution >= 4 is 40.1 Å². The number of halogens is 1. The normalized spacial score (nSPS) is 11.5. The lowest BCUT2D eigenvalue weighted by molar-refractivity contribution is 1.36. The molecule has 2 aromatic rings. The van der Waals surface area contributed by atoms with Crippen molar-refractivity contribution in [2.45, 2.75) is 0 Å². The second-order valence-corrected chi connectivity index (χ2v) is 3.95. The number of fused-ring (bicyclic) bond motifs is 1. The molecule has 0 fully saturated rings. The van der Waals surface area contributed by atoms with Crippen LogP contribution >= 0.6 is 11.6 Å². The van der Waals surface area contributed by atoms with E-state index in [4.69, 9.17) is 28.8 Å². The van der Waals surface area contributed by atoms with Gasteiger partial charge in [0.15, 0.2) is 5.96 Å². The highest BCUT2D eigenvalue weighted by Gasteiger charge is 2.02. The third-order valence-corrected chi connectivity index (χ3v) is 2.34. The monoisotopic (exact) mass is 262 g/mol. The molecule has 6 nitrogen and oxygen atoms in total. The van der Waals surface area contributed by atoms with Gasteiger partial charge >= 0.3 is 0 Å². The summed E-state index contributed by atoms with van der Waals surface area (Å²) in [4.78, 5) is 11.9. The first kappa shape index (κ1) is 12.1. The summed E-state index contributed by atoms with van der Waals surface area (Å²) in [5.41, 5.74) is 17.3. The molecule has 6 N–H and O–H groups in total. The van der Waals surface area contributed by atoms with E-state index in [1.807, 2.05) is 12.1 Å². The smallest absolute Gasteiger partial charge is 0.223 e. The molecule has 0 amide bonds. The molecule has 0 radical (unpaired) electrons. The van der Waals surface area contributed by atoms with Crippen LogP contribution in [0.3, 0.4) is 0 Å². The van der Waals surface area contributed by atoms with Crippen LogP contribution in [0.1, 0.15) is 0 Å². The number of pyridine rings is 1. The molecule has 0 atom stereocenters. The Morgan fingerprint density at radius 2 is 2.00 bits per heavy atom. The average Bonchev–Trinajstić information content (AvgIpc) is 2.27. The minimum atomic E-state index is -0.146. The maximum absolute atomic E-state index is 5.87. The van der Waals surface area contributed by atoms with Crippen LogP contribution in [-0.2, 0) is 0 Å². The molecule has 0 aliphatic heterocycles. The number of benzene rings is 1. The van der Waals surface area contributed by atoms with Gasteiger partial charge in [0, 0.05) is 11.6 Å². The highest BCUT2D eigenvalue weighted by Crippen LogP contribution is 2.25. The third kappa shape index (κ3) is 2.67. The van der Waals surface area contributed by atoms with Crippen molar-refractivity contribution in [3.05, 3.63) is 35.5 Å². The summed E-state index contributed by atoms with van der Waals surface area (Å²) in [6.45, 7) is 0. The fourth-order valence-corrected chi connectivity index (χ4v) is 1.66. The van der Waals surface area contributed by atoms with Crippen LogP contribution in [0, 0.1) is 0 Å². The van der Waals surface area contributed by atoms with Gasteiger partial charge < -0.3 is 17.2 Å². The summed E-state index contributed by atoms with van der Waals surface area (Å²) in [5, 5.41) is 1.42. The number of nitrogens with two attached hydrogens (primary N) is 3. The number of guanidine groups is 2. The molecule has 0 saturated heterocycles. The van der Waals surface area contributed by atoms with E-state index in [0.717, 1.165) is 5.39 Å². The molecule has 0 saturated carbocycles. The molecule has 92 valence electrons. The van der Waals surface area contributed by atoms with E-state index >= 15 is 0 Å². The Kier molecular flexibility index (Phi) is 3.29. The first-order valence-electron chi connectivity index (χ1n) is 5.04. The first-order chi connectivity index (χ1) is 8.56. The van der Waals surface area contributed by atoms with Crippen molar-refractivity contribution in [1.82, 2.24) is 4.98 Å². The van der Waals surface area contributed by atoms with Gasteiger partial charge in [-0.2, -0.15) is 4.99 Å². The topological polar surface area (TPSA) is 116 Å². The van der Waals surface area contributed by atoms with Crippen molar-refractivity contribution in [2.24, 2.45) is 27.2 Å². The molecule has 18 heavy (non-hydrogen) atoms. The zero-order valence-electron chi connectivity index (χ0n) is 9.34. The minimum Gasteiger partial charge on any atom is -0.370 e. The molecule has 1 aromatic heterocycles. The predicted octanol–water partition coefficient (Wildman–Crippen LogP) is 1.11. The summed E-state index contributed by atoms with van der Waals surface area (Å²) in [6.07, 6.45) is 1.54. The molecule has 0 spiro atoms. The van der Waals surface area contributed by atoms with Crippen molar-refractivity contribution in [3.63, 3.8) is 0 Å². The van der Waals surface area contributed by atoms with Crippen LogP contribution in [0.15, 0.2) is 40.4 Å². The Morgan fingerprint density at radius 3 is 2.72 bits per heavy atom. The standard InChI is InChI=1S/C11H11ClN6/c12-7-4-6-2-1-3-8(9(6)16-5-7)17-11(15)18-10(13)14/h1-5H,(H6,13,14,15,17,18). The van der Waals surface area contributed by atoms with Crippen LogP contribution in [0.4, 0.5) is 5.69 Å².